The molecule has 9 heteroatoms. The third-order valence-electron chi connectivity index (χ3n) is 5.07. The van der Waals surface area contributed by atoms with E-state index in [2.05, 4.69) is 34.2 Å². The highest BCUT2D eigenvalue weighted by molar-refractivity contribution is 7.15. The van der Waals surface area contributed by atoms with Gasteiger partial charge in [0.05, 0.1) is 11.4 Å². The molecule has 33 heavy (non-hydrogen) atoms. The first-order valence-corrected chi connectivity index (χ1v) is 11.8. The van der Waals surface area contributed by atoms with Gasteiger partial charge in [0.15, 0.2) is 5.13 Å². The van der Waals surface area contributed by atoms with Gasteiger partial charge in [-0.15, -0.1) is 11.3 Å². The van der Waals surface area contributed by atoms with E-state index < -0.39 is 0 Å². The molecule has 0 aliphatic rings. The molecule has 0 radical (unpaired) electrons. The van der Waals surface area contributed by atoms with Crippen LogP contribution < -0.4 is 11.1 Å². The predicted molar refractivity (Wildman–Crippen MR) is 133 cm³/mol. The van der Waals surface area contributed by atoms with E-state index in [1.54, 1.807) is 17.1 Å². The first kappa shape index (κ1) is 22.9. The van der Waals surface area contributed by atoms with Crippen molar-refractivity contribution >= 4 is 34.0 Å². The van der Waals surface area contributed by atoms with Crippen LogP contribution in [0.25, 0.3) is 16.9 Å². The Morgan fingerprint density at radius 1 is 1.24 bits per heavy atom. The zero-order valence-electron chi connectivity index (χ0n) is 18.7. The van der Waals surface area contributed by atoms with Crippen LogP contribution in [0.1, 0.15) is 40.2 Å². The summed E-state index contributed by atoms with van der Waals surface area (Å²) in [6.45, 7) is 6.59. The SMILES string of the molecule is Cc1cc(C(=O)NCc2cc(Cl)ccc2-n2cncn2)cc(-c2nc(N)sc2CC(C)C)c1. The first-order valence-electron chi connectivity index (χ1n) is 10.6. The summed E-state index contributed by atoms with van der Waals surface area (Å²) in [6.07, 6.45) is 3.96. The van der Waals surface area contributed by atoms with Crippen LogP contribution in [0.4, 0.5) is 5.13 Å². The van der Waals surface area contributed by atoms with E-state index in [4.69, 9.17) is 17.3 Å². The van der Waals surface area contributed by atoms with E-state index in [-0.39, 0.29) is 5.91 Å². The van der Waals surface area contributed by atoms with Crippen molar-refractivity contribution in [3.63, 3.8) is 0 Å². The molecule has 0 fully saturated rings. The van der Waals surface area contributed by atoms with Gasteiger partial charge in [-0.25, -0.2) is 14.6 Å². The Morgan fingerprint density at radius 2 is 2.06 bits per heavy atom. The van der Waals surface area contributed by atoms with Gasteiger partial charge in [-0.2, -0.15) is 5.10 Å². The summed E-state index contributed by atoms with van der Waals surface area (Å²) in [5.41, 5.74) is 10.9. The molecular formula is C24H25ClN6OS. The average molecular weight is 481 g/mol. The molecule has 0 saturated carbocycles. The van der Waals surface area contributed by atoms with Crippen molar-refractivity contribution in [2.45, 2.75) is 33.7 Å². The van der Waals surface area contributed by atoms with Crippen LogP contribution in [-0.4, -0.2) is 25.7 Å². The summed E-state index contributed by atoms with van der Waals surface area (Å²) >= 11 is 7.71. The van der Waals surface area contributed by atoms with Crippen molar-refractivity contribution in [1.82, 2.24) is 25.1 Å². The van der Waals surface area contributed by atoms with Gasteiger partial charge in [-0.1, -0.05) is 25.4 Å². The number of halogens is 1. The average Bonchev–Trinajstić information content (AvgIpc) is 3.41. The maximum absolute atomic E-state index is 13.1. The highest BCUT2D eigenvalue weighted by atomic mass is 35.5. The second-order valence-corrected chi connectivity index (χ2v) is 9.86. The minimum atomic E-state index is -0.182. The molecule has 0 unspecified atom stereocenters. The lowest BCUT2D eigenvalue weighted by molar-refractivity contribution is 0.0951. The number of nitrogens with two attached hydrogens (primary N) is 1. The molecule has 0 spiro atoms. The summed E-state index contributed by atoms with van der Waals surface area (Å²) < 4.78 is 1.64. The van der Waals surface area contributed by atoms with E-state index in [1.165, 1.54) is 17.7 Å². The molecule has 2 heterocycles. The Morgan fingerprint density at radius 3 is 2.79 bits per heavy atom. The van der Waals surface area contributed by atoms with Gasteiger partial charge in [0.2, 0.25) is 0 Å². The minimum Gasteiger partial charge on any atom is -0.375 e. The monoisotopic (exact) mass is 480 g/mol. The number of carbonyl (C=O) groups excluding carboxylic acids is 1. The number of thiazole rings is 1. The standard InChI is InChI=1S/C24H25ClN6OS/c1-14(2)6-21-22(30-24(26)33-21)16-7-15(3)8-17(9-16)23(32)28-11-18-10-19(25)4-5-20(18)31-13-27-12-29-31/h4-5,7-10,12-14H,6,11H2,1-3H3,(H2,26,30)(H,28,32). The van der Waals surface area contributed by atoms with Gasteiger partial charge >= 0.3 is 0 Å². The molecule has 2 aromatic heterocycles. The maximum Gasteiger partial charge on any atom is 0.251 e. The van der Waals surface area contributed by atoms with Crippen LogP contribution in [0, 0.1) is 12.8 Å². The zero-order chi connectivity index (χ0) is 23.5. The fraction of sp³-hybridized carbons (Fsp3) is 0.250. The number of anilines is 1. The number of hydrogen-bond acceptors (Lipinski definition) is 6. The Hall–Kier alpha value is -3.23. The zero-order valence-corrected chi connectivity index (χ0v) is 20.2. The summed E-state index contributed by atoms with van der Waals surface area (Å²) in [5, 5.41) is 8.30. The molecule has 4 rings (SSSR count). The van der Waals surface area contributed by atoms with Gasteiger partial charge in [0.25, 0.3) is 5.91 Å². The van der Waals surface area contributed by atoms with Crippen LogP contribution in [0.3, 0.4) is 0 Å². The molecule has 1 amide bonds. The lowest BCUT2D eigenvalue weighted by Crippen LogP contribution is -2.23. The van der Waals surface area contributed by atoms with Crippen molar-refractivity contribution in [3.8, 4) is 16.9 Å². The molecule has 0 atom stereocenters. The Labute approximate surface area is 201 Å². The molecule has 0 aliphatic heterocycles. The second kappa shape index (κ2) is 9.72. The van der Waals surface area contributed by atoms with E-state index in [1.807, 2.05) is 37.3 Å². The fourth-order valence-electron chi connectivity index (χ4n) is 3.68. The molecular weight excluding hydrogens is 456 g/mol. The lowest BCUT2D eigenvalue weighted by atomic mass is 10.0. The maximum atomic E-state index is 13.1. The number of rotatable bonds is 7. The number of nitrogen functional groups attached to an aromatic ring is 1. The largest absolute Gasteiger partial charge is 0.375 e. The summed E-state index contributed by atoms with van der Waals surface area (Å²) in [5.74, 6) is 0.297. The normalized spacial score (nSPS) is 11.2. The number of nitrogens with one attached hydrogen (secondary N) is 1. The number of carbonyl (C=O) groups is 1. The van der Waals surface area contributed by atoms with Gasteiger partial charge < -0.3 is 11.1 Å². The number of aromatic nitrogens is 4. The van der Waals surface area contributed by atoms with Crippen LogP contribution in [0.5, 0.6) is 0 Å². The van der Waals surface area contributed by atoms with Gasteiger partial charge in [0, 0.05) is 27.6 Å². The summed E-state index contributed by atoms with van der Waals surface area (Å²) in [7, 11) is 0. The number of hydrogen-bond donors (Lipinski definition) is 2. The van der Waals surface area contributed by atoms with Crippen molar-refractivity contribution in [3.05, 3.63) is 75.6 Å². The van der Waals surface area contributed by atoms with Crippen molar-refractivity contribution < 1.29 is 4.79 Å². The predicted octanol–water partition coefficient (Wildman–Crippen LogP) is 5.06. The number of amides is 1. The molecule has 0 saturated heterocycles. The smallest absolute Gasteiger partial charge is 0.251 e. The van der Waals surface area contributed by atoms with Gasteiger partial charge in [-0.3, -0.25) is 4.79 Å². The van der Waals surface area contributed by atoms with Crippen LogP contribution in [0.2, 0.25) is 5.02 Å². The Balaban J connectivity index is 1.59. The first-order chi connectivity index (χ1) is 15.8. The van der Waals surface area contributed by atoms with E-state index in [9.17, 15) is 4.79 Å². The van der Waals surface area contributed by atoms with Crippen LogP contribution in [-0.2, 0) is 13.0 Å². The third kappa shape index (κ3) is 5.40. The van der Waals surface area contributed by atoms with E-state index in [0.717, 1.165) is 39.4 Å². The second-order valence-electron chi connectivity index (χ2n) is 8.31. The van der Waals surface area contributed by atoms with E-state index in [0.29, 0.717) is 28.2 Å². The number of benzene rings is 2. The topological polar surface area (TPSA) is 98.7 Å². The minimum absolute atomic E-state index is 0.182. The molecule has 0 bridgehead atoms. The third-order valence-corrected chi connectivity index (χ3v) is 6.21. The lowest BCUT2D eigenvalue weighted by Gasteiger charge is -2.12. The van der Waals surface area contributed by atoms with Crippen molar-refractivity contribution in [1.29, 1.82) is 0 Å². The Kier molecular flexibility index (Phi) is 6.76. The highest BCUT2D eigenvalue weighted by Crippen LogP contribution is 2.32. The van der Waals surface area contributed by atoms with Crippen molar-refractivity contribution in [2.75, 3.05) is 5.73 Å². The number of nitrogens with zero attached hydrogens (tertiary/aromatic N) is 4. The van der Waals surface area contributed by atoms with Crippen LogP contribution in [0.15, 0.2) is 49.1 Å². The summed E-state index contributed by atoms with van der Waals surface area (Å²) in [4.78, 5) is 22.8. The molecule has 3 N–H and O–H groups in total. The molecule has 7 nitrogen and oxygen atoms in total. The molecule has 4 aromatic rings. The van der Waals surface area contributed by atoms with Gasteiger partial charge in [-0.05, 0) is 66.8 Å². The molecule has 0 aliphatic carbocycles. The molecule has 170 valence electrons. The highest BCUT2D eigenvalue weighted by Gasteiger charge is 2.16. The fourth-order valence-corrected chi connectivity index (χ4v) is 4.95. The number of aryl methyl sites for hydroxylation is 1. The van der Waals surface area contributed by atoms with Crippen molar-refractivity contribution in [2.24, 2.45) is 5.92 Å². The Bertz CT molecular complexity index is 1280. The molecule has 2 aromatic carbocycles. The van der Waals surface area contributed by atoms with Gasteiger partial charge in [0.1, 0.15) is 12.7 Å². The summed E-state index contributed by atoms with van der Waals surface area (Å²) in [6, 6.07) is 11.2. The van der Waals surface area contributed by atoms with E-state index >= 15 is 0 Å². The quantitative estimate of drug-likeness (QED) is 0.385. The van der Waals surface area contributed by atoms with Crippen LogP contribution >= 0.6 is 22.9 Å².